The minimum absolute atomic E-state index is 0.340. The molecule has 1 fully saturated rings. The number of rotatable bonds is 0. The van der Waals surface area contributed by atoms with E-state index in [4.69, 9.17) is 0 Å². The molecule has 1 rings (SSSR count). The van der Waals surface area contributed by atoms with Gasteiger partial charge in [0.05, 0.1) is 0 Å². The maximum Gasteiger partial charge on any atom is 0.0159 e. The second-order valence-electron chi connectivity index (χ2n) is 3.12. The summed E-state index contributed by atoms with van der Waals surface area (Å²) in [6.45, 7) is 5.49. The van der Waals surface area contributed by atoms with Crippen molar-refractivity contribution in [3.63, 3.8) is 0 Å². The van der Waals surface area contributed by atoms with Crippen LogP contribution in [-0.2, 0) is 0 Å². The van der Waals surface area contributed by atoms with Crippen LogP contribution in [0.3, 0.4) is 0 Å². The molecule has 0 spiro atoms. The molecule has 0 amide bonds. The summed E-state index contributed by atoms with van der Waals surface area (Å²) in [5, 5.41) is 3.94. The average Bonchev–Trinajstić information content (AvgIpc) is 1.82. The number of hydrogen-bond donors (Lipinski definition) is 2. The minimum Gasteiger partial charge on any atom is -0.311 e. The summed E-state index contributed by atoms with van der Waals surface area (Å²) in [6, 6.07) is 0. The smallest absolute Gasteiger partial charge is 0.0159 e. The van der Waals surface area contributed by atoms with E-state index < -0.39 is 0 Å². The molecule has 0 aromatic rings. The van der Waals surface area contributed by atoms with Crippen LogP contribution in [0.1, 0.15) is 20.3 Å². The van der Waals surface area contributed by atoms with Gasteiger partial charge < -0.3 is 5.32 Å². The standard InChI is InChI=1S/C6H13NS/c1-6(2)3-5(8)4-7-6/h5,7-8H,3-4H2,1-2H3. The summed E-state index contributed by atoms with van der Waals surface area (Å²) in [5.41, 5.74) is 0.340. The van der Waals surface area contributed by atoms with Crippen LogP contribution in [0.4, 0.5) is 0 Å². The van der Waals surface area contributed by atoms with E-state index in [0.29, 0.717) is 10.8 Å². The van der Waals surface area contributed by atoms with E-state index in [1.54, 1.807) is 0 Å². The molecule has 0 radical (unpaired) electrons. The first-order valence-electron chi connectivity index (χ1n) is 3.03. The Kier molecular flexibility index (Phi) is 1.54. The summed E-state index contributed by atoms with van der Waals surface area (Å²) in [6.07, 6.45) is 1.19. The molecular formula is C6H13NS. The Balaban J connectivity index is 2.44. The predicted octanol–water partition coefficient (Wildman–Crippen LogP) is 1.06. The molecule has 0 saturated carbocycles. The van der Waals surface area contributed by atoms with Crippen molar-refractivity contribution < 1.29 is 0 Å². The maximum atomic E-state index is 4.34. The van der Waals surface area contributed by atoms with Gasteiger partial charge in [0, 0.05) is 17.3 Å². The lowest BCUT2D eigenvalue weighted by atomic mass is 10.0. The largest absolute Gasteiger partial charge is 0.311 e. The Morgan fingerprint density at radius 3 is 2.38 bits per heavy atom. The van der Waals surface area contributed by atoms with Gasteiger partial charge in [-0.15, -0.1) is 0 Å². The Hall–Kier alpha value is 0.310. The highest BCUT2D eigenvalue weighted by Crippen LogP contribution is 2.20. The first-order valence-corrected chi connectivity index (χ1v) is 3.55. The van der Waals surface area contributed by atoms with Crippen LogP contribution in [0.2, 0.25) is 0 Å². The van der Waals surface area contributed by atoms with Crippen molar-refractivity contribution in [3.8, 4) is 0 Å². The van der Waals surface area contributed by atoms with E-state index in [2.05, 4.69) is 31.8 Å². The highest BCUT2D eigenvalue weighted by Gasteiger charge is 2.27. The fraction of sp³-hybridized carbons (Fsp3) is 1.00. The van der Waals surface area contributed by atoms with Crippen molar-refractivity contribution >= 4 is 12.6 Å². The van der Waals surface area contributed by atoms with Crippen molar-refractivity contribution in [2.24, 2.45) is 0 Å². The third-order valence-electron chi connectivity index (χ3n) is 1.56. The first kappa shape index (κ1) is 6.43. The van der Waals surface area contributed by atoms with Crippen molar-refractivity contribution in [1.82, 2.24) is 5.32 Å². The summed E-state index contributed by atoms with van der Waals surface area (Å²) in [5.74, 6) is 0. The van der Waals surface area contributed by atoms with Crippen LogP contribution >= 0.6 is 12.6 Å². The Morgan fingerprint density at radius 2 is 2.25 bits per heavy atom. The molecular weight excluding hydrogens is 118 g/mol. The van der Waals surface area contributed by atoms with E-state index in [0.717, 1.165) is 6.54 Å². The van der Waals surface area contributed by atoms with Gasteiger partial charge in [0.15, 0.2) is 0 Å². The van der Waals surface area contributed by atoms with Crippen molar-refractivity contribution in [2.45, 2.75) is 31.1 Å². The molecule has 0 aliphatic carbocycles. The van der Waals surface area contributed by atoms with Crippen molar-refractivity contribution in [2.75, 3.05) is 6.54 Å². The average molecular weight is 131 g/mol. The van der Waals surface area contributed by atoms with Crippen LogP contribution in [-0.4, -0.2) is 17.3 Å². The summed E-state index contributed by atoms with van der Waals surface area (Å²) in [4.78, 5) is 0. The van der Waals surface area contributed by atoms with Gasteiger partial charge in [-0.2, -0.15) is 12.6 Å². The highest BCUT2D eigenvalue weighted by molar-refractivity contribution is 7.81. The Bertz CT molecular complexity index is 90.5. The van der Waals surface area contributed by atoms with Crippen molar-refractivity contribution in [3.05, 3.63) is 0 Å². The zero-order valence-corrected chi connectivity index (χ0v) is 6.33. The van der Waals surface area contributed by atoms with E-state index in [-0.39, 0.29) is 0 Å². The SMILES string of the molecule is CC1(C)CC(S)CN1. The van der Waals surface area contributed by atoms with Crippen LogP contribution in [0.15, 0.2) is 0 Å². The third-order valence-corrected chi connectivity index (χ3v) is 1.93. The Labute approximate surface area is 56.3 Å². The van der Waals surface area contributed by atoms with E-state index >= 15 is 0 Å². The molecule has 0 bridgehead atoms. The van der Waals surface area contributed by atoms with Crippen LogP contribution < -0.4 is 5.32 Å². The number of thiol groups is 1. The fourth-order valence-electron chi connectivity index (χ4n) is 1.13. The van der Waals surface area contributed by atoms with E-state index in [1.165, 1.54) is 6.42 Å². The first-order chi connectivity index (χ1) is 3.60. The summed E-state index contributed by atoms with van der Waals surface area (Å²) >= 11 is 4.34. The molecule has 1 unspecified atom stereocenters. The minimum atomic E-state index is 0.340. The molecule has 2 heteroatoms. The maximum absolute atomic E-state index is 4.34. The molecule has 48 valence electrons. The zero-order valence-electron chi connectivity index (χ0n) is 5.44. The third kappa shape index (κ3) is 1.39. The second kappa shape index (κ2) is 1.92. The number of hydrogen-bond acceptors (Lipinski definition) is 2. The molecule has 1 N–H and O–H groups in total. The molecule has 1 nitrogen and oxygen atoms in total. The molecule has 1 heterocycles. The van der Waals surface area contributed by atoms with Gasteiger partial charge in [-0.05, 0) is 20.3 Å². The molecule has 1 saturated heterocycles. The molecule has 0 aromatic heterocycles. The summed E-state index contributed by atoms with van der Waals surface area (Å²) < 4.78 is 0. The van der Waals surface area contributed by atoms with Crippen LogP contribution in [0, 0.1) is 0 Å². The lowest BCUT2D eigenvalue weighted by Gasteiger charge is -2.16. The van der Waals surface area contributed by atoms with Crippen LogP contribution in [0.5, 0.6) is 0 Å². The van der Waals surface area contributed by atoms with E-state index in [9.17, 15) is 0 Å². The topological polar surface area (TPSA) is 12.0 Å². The lowest BCUT2D eigenvalue weighted by molar-refractivity contribution is 0.461. The van der Waals surface area contributed by atoms with Gasteiger partial charge in [-0.3, -0.25) is 0 Å². The van der Waals surface area contributed by atoms with Gasteiger partial charge in [-0.1, -0.05) is 0 Å². The highest BCUT2D eigenvalue weighted by atomic mass is 32.1. The molecule has 1 aliphatic rings. The Morgan fingerprint density at radius 1 is 1.62 bits per heavy atom. The molecule has 8 heavy (non-hydrogen) atoms. The predicted molar refractivity (Wildman–Crippen MR) is 39.5 cm³/mol. The molecule has 0 aromatic carbocycles. The summed E-state index contributed by atoms with van der Waals surface area (Å²) in [7, 11) is 0. The van der Waals surface area contributed by atoms with E-state index in [1.807, 2.05) is 0 Å². The second-order valence-corrected chi connectivity index (χ2v) is 3.85. The van der Waals surface area contributed by atoms with Gasteiger partial charge in [0.25, 0.3) is 0 Å². The van der Waals surface area contributed by atoms with Gasteiger partial charge in [0.2, 0.25) is 0 Å². The monoisotopic (exact) mass is 131 g/mol. The molecule has 1 aliphatic heterocycles. The van der Waals surface area contributed by atoms with Crippen LogP contribution in [0.25, 0.3) is 0 Å². The zero-order chi connectivity index (χ0) is 6.20. The van der Waals surface area contributed by atoms with Crippen molar-refractivity contribution in [1.29, 1.82) is 0 Å². The lowest BCUT2D eigenvalue weighted by Crippen LogP contribution is -2.31. The normalized spacial score (nSPS) is 35.6. The quantitative estimate of drug-likeness (QED) is 0.468. The molecule has 1 atom stereocenters. The van der Waals surface area contributed by atoms with Gasteiger partial charge >= 0.3 is 0 Å². The fourth-order valence-corrected chi connectivity index (χ4v) is 1.68. The van der Waals surface area contributed by atoms with Gasteiger partial charge in [0.1, 0.15) is 0 Å². The number of nitrogens with one attached hydrogen (secondary N) is 1. The van der Waals surface area contributed by atoms with Gasteiger partial charge in [-0.25, -0.2) is 0 Å².